The number of rotatable bonds is 2. The highest BCUT2D eigenvalue weighted by Crippen LogP contribution is 2.25. The van der Waals surface area contributed by atoms with E-state index in [4.69, 9.17) is 5.73 Å². The van der Waals surface area contributed by atoms with Crippen molar-refractivity contribution in [1.29, 1.82) is 0 Å². The van der Waals surface area contributed by atoms with Crippen molar-refractivity contribution >= 4 is 33.8 Å². The van der Waals surface area contributed by atoms with E-state index in [1.54, 1.807) is 5.38 Å². The lowest BCUT2D eigenvalue weighted by Crippen LogP contribution is -1.99. The Bertz CT molecular complexity index is 493. The maximum absolute atomic E-state index is 11.1. The molecule has 0 saturated carbocycles. The van der Waals surface area contributed by atoms with Crippen molar-refractivity contribution < 1.29 is 9.53 Å². The predicted octanol–water partition coefficient (Wildman–Crippen LogP) is 1.03. The number of nitrogen functional groups attached to an aromatic ring is 1. The number of ether oxygens (including phenoxy) is 1. The lowest BCUT2D eigenvalue weighted by Gasteiger charge is -1.88. The summed E-state index contributed by atoms with van der Waals surface area (Å²) in [5, 5.41) is 10.5. The van der Waals surface area contributed by atoms with Crippen LogP contribution < -0.4 is 5.73 Å². The molecular formula is C7H6N4O2S2. The number of hydrogen-bond donors (Lipinski definition) is 1. The fourth-order valence-corrected chi connectivity index (χ4v) is 2.23. The van der Waals surface area contributed by atoms with Crippen molar-refractivity contribution in [3.8, 4) is 10.7 Å². The zero-order chi connectivity index (χ0) is 10.8. The predicted molar refractivity (Wildman–Crippen MR) is 56.8 cm³/mol. The second-order valence-corrected chi connectivity index (χ2v) is 4.34. The van der Waals surface area contributed by atoms with Gasteiger partial charge in [-0.05, 0) is 0 Å². The van der Waals surface area contributed by atoms with Crippen LogP contribution in [0.3, 0.4) is 0 Å². The molecule has 8 heteroatoms. The van der Waals surface area contributed by atoms with Gasteiger partial charge >= 0.3 is 5.97 Å². The van der Waals surface area contributed by atoms with E-state index in [0.29, 0.717) is 15.8 Å². The Labute approximate surface area is 92.7 Å². The van der Waals surface area contributed by atoms with Crippen molar-refractivity contribution in [2.45, 2.75) is 0 Å². The standard InChI is InChI=1S/C7H6N4O2S2/c1-13-6(12)5-11-10-4(15-5)3-2-14-7(8)9-3/h2H,1H3,(H2,8,9). The van der Waals surface area contributed by atoms with Crippen LogP contribution in [0.5, 0.6) is 0 Å². The molecule has 2 N–H and O–H groups in total. The number of nitrogens with two attached hydrogens (primary N) is 1. The van der Waals surface area contributed by atoms with Gasteiger partial charge in [-0.2, -0.15) is 0 Å². The molecule has 0 radical (unpaired) electrons. The van der Waals surface area contributed by atoms with Crippen LogP contribution in [0.25, 0.3) is 10.7 Å². The first-order valence-corrected chi connectivity index (χ1v) is 5.53. The first-order chi connectivity index (χ1) is 7.20. The van der Waals surface area contributed by atoms with E-state index in [2.05, 4.69) is 19.9 Å². The summed E-state index contributed by atoms with van der Waals surface area (Å²) >= 11 is 2.44. The Hall–Kier alpha value is -1.54. The monoisotopic (exact) mass is 242 g/mol. The lowest BCUT2D eigenvalue weighted by molar-refractivity contribution is 0.0599. The molecule has 0 spiro atoms. The highest BCUT2D eigenvalue weighted by molar-refractivity contribution is 7.17. The van der Waals surface area contributed by atoms with Gasteiger partial charge in [0.2, 0.25) is 5.01 Å². The summed E-state index contributed by atoms with van der Waals surface area (Å²) in [6.07, 6.45) is 0. The van der Waals surface area contributed by atoms with Crippen LogP contribution in [-0.2, 0) is 4.74 Å². The van der Waals surface area contributed by atoms with Gasteiger partial charge in [0.15, 0.2) is 10.1 Å². The van der Waals surface area contributed by atoms with Gasteiger partial charge in [-0.15, -0.1) is 21.5 Å². The highest BCUT2D eigenvalue weighted by Gasteiger charge is 2.15. The molecule has 2 aromatic heterocycles. The molecule has 0 unspecified atom stereocenters. The van der Waals surface area contributed by atoms with Gasteiger partial charge in [-0.1, -0.05) is 11.3 Å². The number of thiazole rings is 1. The van der Waals surface area contributed by atoms with E-state index in [0.717, 1.165) is 11.3 Å². The summed E-state index contributed by atoms with van der Waals surface area (Å²) in [7, 11) is 1.30. The Morgan fingerprint density at radius 3 is 2.93 bits per heavy atom. The van der Waals surface area contributed by atoms with Crippen molar-refractivity contribution in [2.24, 2.45) is 0 Å². The molecule has 0 aromatic carbocycles. The number of carbonyl (C=O) groups is 1. The molecule has 78 valence electrons. The number of hydrogen-bond acceptors (Lipinski definition) is 8. The van der Waals surface area contributed by atoms with E-state index in [9.17, 15) is 4.79 Å². The summed E-state index contributed by atoms with van der Waals surface area (Å²) in [4.78, 5) is 15.1. The smallest absolute Gasteiger partial charge is 0.369 e. The van der Waals surface area contributed by atoms with Crippen LogP contribution in [0.2, 0.25) is 0 Å². The Balaban J connectivity index is 2.31. The van der Waals surface area contributed by atoms with Crippen molar-refractivity contribution in [3.63, 3.8) is 0 Å². The fraction of sp³-hybridized carbons (Fsp3) is 0.143. The van der Waals surface area contributed by atoms with Gasteiger partial charge in [0.05, 0.1) is 7.11 Å². The molecule has 0 fully saturated rings. The molecule has 0 atom stereocenters. The van der Waals surface area contributed by atoms with Crippen LogP contribution in [0, 0.1) is 0 Å². The summed E-state index contributed by atoms with van der Waals surface area (Å²) in [5.41, 5.74) is 6.11. The number of methoxy groups -OCH3 is 1. The second kappa shape index (κ2) is 3.91. The molecule has 0 aliphatic rings. The molecule has 2 rings (SSSR count). The SMILES string of the molecule is COC(=O)c1nnc(-c2csc(N)n2)s1. The van der Waals surface area contributed by atoms with Gasteiger partial charge in [-0.25, -0.2) is 9.78 Å². The molecule has 0 amide bonds. The number of esters is 1. The van der Waals surface area contributed by atoms with E-state index in [1.165, 1.54) is 18.4 Å². The third-order valence-electron chi connectivity index (χ3n) is 1.53. The molecule has 0 bridgehead atoms. The quantitative estimate of drug-likeness (QED) is 0.791. The summed E-state index contributed by atoms with van der Waals surface area (Å²) in [6.45, 7) is 0. The summed E-state index contributed by atoms with van der Waals surface area (Å²) < 4.78 is 4.52. The maximum atomic E-state index is 11.1. The third kappa shape index (κ3) is 1.95. The van der Waals surface area contributed by atoms with E-state index in [1.807, 2.05) is 0 Å². The largest absolute Gasteiger partial charge is 0.464 e. The molecule has 2 aromatic rings. The van der Waals surface area contributed by atoms with Crippen LogP contribution in [0.1, 0.15) is 9.80 Å². The summed E-state index contributed by atoms with van der Waals surface area (Å²) in [6, 6.07) is 0. The first-order valence-electron chi connectivity index (χ1n) is 3.84. The van der Waals surface area contributed by atoms with Crippen LogP contribution in [0.15, 0.2) is 5.38 Å². The molecule has 0 aliphatic carbocycles. The average Bonchev–Trinajstić information content (AvgIpc) is 2.84. The van der Waals surface area contributed by atoms with E-state index >= 15 is 0 Å². The van der Waals surface area contributed by atoms with Crippen molar-refractivity contribution in [1.82, 2.24) is 15.2 Å². The molecule has 0 aliphatic heterocycles. The molecule has 0 saturated heterocycles. The van der Waals surface area contributed by atoms with E-state index in [-0.39, 0.29) is 5.01 Å². The normalized spacial score (nSPS) is 10.2. The Morgan fingerprint density at radius 2 is 2.33 bits per heavy atom. The van der Waals surface area contributed by atoms with Gasteiger partial charge in [0.25, 0.3) is 0 Å². The zero-order valence-corrected chi connectivity index (χ0v) is 9.26. The van der Waals surface area contributed by atoms with Gasteiger partial charge < -0.3 is 10.5 Å². The van der Waals surface area contributed by atoms with Crippen LogP contribution >= 0.6 is 22.7 Å². The number of carbonyl (C=O) groups excluding carboxylic acids is 1. The fourth-order valence-electron chi connectivity index (χ4n) is 0.882. The van der Waals surface area contributed by atoms with Gasteiger partial charge in [-0.3, -0.25) is 0 Å². The first kappa shape index (κ1) is 9.99. The zero-order valence-electron chi connectivity index (χ0n) is 7.63. The minimum atomic E-state index is -0.498. The number of anilines is 1. The Morgan fingerprint density at radius 1 is 1.53 bits per heavy atom. The minimum absolute atomic E-state index is 0.207. The molecule has 6 nitrogen and oxygen atoms in total. The minimum Gasteiger partial charge on any atom is -0.464 e. The molecule has 2 heterocycles. The molecule has 15 heavy (non-hydrogen) atoms. The number of nitrogens with zero attached hydrogens (tertiary/aromatic N) is 3. The van der Waals surface area contributed by atoms with Crippen molar-refractivity contribution in [2.75, 3.05) is 12.8 Å². The van der Waals surface area contributed by atoms with Crippen LogP contribution in [-0.4, -0.2) is 28.3 Å². The van der Waals surface area contributed by atoms with Gasteiger partial charge in [0.1, 0.15) is 5.69 Å². The van der Waals surface area contributed by atoms with E-state index < -0.39 is 5.97 Å². The summed E-state index contributed by atoms with van der Waals surface area (Å²) in [5.74, 6) is -0.498. The third-order valence-corrected chi connectivity index (χ3v) is 3.13. The van der Waals surface area contributed by atoms with Crippen molar-refractivity contribution in [3.05, 3.63) is 10.4 Å². The second-order valence-electron chi connectivity index (χ2n) is 2.47. The van der Waals surface area contributed by atoms with Gasteiger partial charge in [0, 0.05) is 5.38 Å². The molecular weight excluding hydrogens is 236 g/mol. The lowest BCUT2D eigenvalue weighted by atomic mass is 10.5. The average molecular weight is 242 g/mol. The maximum Gasteiger partial charge on any atom is 0.369 e. The number of aromatic nitrogens is 3. The topological polar surface area (TPSA) is 91.0 Å². The van der Waals surface area contributed by atoms with Crippen LogP contribution in [0.4, 0.5) is 5.13 Å². The Kier molecular flexibility index (Phi) is 2.60. The highest BCUT2D eigenvalue weighted by atomic mass is 32.1.